The summed E-state index contributed by atoms with van der Waals surface area (Å²) in [6, 6.07) is 5.28. The molecule has 1 saturated carbocycles. The predicted octanol–water partition coefficient (Wildman–Crippen LogP) is 4.47. The third kappa shape index (κ3) is 4.42. The normalized spacial score (nSPS) is 13.2. The van der Waals surface area contributed by atoms with Crippen LogP contribution in [0.3, 0.4) is 0 Å². The van der Waals surface area contributed by atoms with Crippen LogP contribution in [-0.4, -0.2) is 25.4 Å². The lowest BCUT2D eigenvalue weighted by atomic mass is 10.2. The summed E-state index contributed by atoms with van der Waals surface area (Å²) in [7, 11) is 1.77. The van der Waals surface area contributed by atoms with E-state index in [0.717, 1.165) is 23.1 Å². The number of nitrogens with zero attached hydrogens (tertiary/aromatic N) is 4. The van der Waals surface area contributed by atoms with E-state index >= 15 is 0 Å². The van der Waals surface area contributed by atoms with Crippen molar-refractivity contribution in [2.45, 2.75) is 32.6 Å². The lowest BCUT2D eigenvalue weighted by Gasteiger charge is -2.09. The molecular formula is C23H22N6O3S. The number of ether oxygens (including phenoxy) is 1. The van der Waals surface area contributed by atoms with Gasteiger partial charge in [0.15, 0.2) is 10.8 Å². The molecule has 0 radical (unpaired) electrons. The summed E-state index contributed by atoms with van der Waals surface area (Å²) in [4.78, 5) is 37.0. The number of rotatable bonds is 6. The number of hydrogen-bond donors (Lipinski definition) is 2. The molecule has 0 bridgehead atoms. The molecule has 1 amide bonds. The van der Waals surface area contributed by atoms with Crippen LogP contribution in [0.5, 0.6) is 11.5 Å². The highest BCUT2D eigenvalue weighted by molar-refractivity contribution is 7.22. The Balaban J connectivity index is 1.43. The van der Waals surface area contributed by atoms with Gasteiger partial charge in [-0.1, -0.05) is 11.3 Å². The van der Waals surface area contributed by atoms with Gasteiger partial charge in [-0.2, -0.15) is 4.98 Å². The van der Waals surface area contributed by atoms with E-state index in [2.05, 4.69) is 25.6 Å². The quantitative estimate of drug-likeness (QED) is 0.435. The molecule has 1 fully saturated rings. The second kappa shape index (κ2) is 8.28. The van der Waals surface area contributed by atoms with Gasteiger partial charge in [0, 0.05) is 38.0 Å². The Labute approximate surface area is 193 Å². The molecule has 4 aromatic rings. The minimum absolute atomic E-state index is 0.0972. The van der Waals surface area contributed by atoms with E-state index in [9.17, 15) is 9.59 Å². The first-order valence-electron chi connectivity index (χ1n) is 10.5. The third-order valence-electron chi connectivity index (χ3n) is 5.38. The lowest BCUT2D eigenvalue weighted by molar-refractivity contribution is -0.114. The molecule has 0 aliphatic heterocycles. The molecule has 0 atom stereocenters. The molecule has 168 valence electrons. The van der Waals surface area contributed by atoms with Crippen molar-refractivity contribution in [1.82, 2.24) is 19.5 Å². The van der Waals surface area contributed by atoms with Crippen molar-refractivity contribution in [3.05, 3.63) is 58.3 Å². The Kier molecular flexibility index (Phi) is 5.29. The summed E-state index contributed by atoms with van der Waals surface area (Å²) in [6.07, 6.45) is 7.41. The highest BCUT2D eigenvalue weighted by Gasteiger charge is 2.25. The topological polar surface area (TPSA) is 111 Å². The van der Waals surface area contributed by atoms with Crippen molar-refractivity contribution in [3.63, 3.8) is 0 Å². The minimum atomic E-state index is -0.207. The summed E-state index contributed by atoms with van der Waals surface area (Å²) in [6.45, 7) is 3.36. The Bertz CT molecular complexity index is 1440. The van der Waals surface area contributed by atoms with Crippen molar-refractivity contribution < 1.29 is 9.53 Å². The molecule has 10 heteroatoms. The van der Waals surface area contributed by atoms with Crippen LogP contribution in [0.1, 0.15) is 36.8 Å². The minimum Gasteiger partial charge on any atom is -0.455 e. The third-order valence-corrected chi connectivity index (χ3v) is 6.46. The Morgan fingerprint density at radius 1 is 1.27 bits per heavy atom. The number of carbonyl (C=O) groups excluding carboxylic acids is 1. The van der Waals surface area contributed by atoms with Crippen molar-refractivity contribution in [3.8, 4) is 11.5 Å². The maximum Gasteiger partial charge on any atom is 0.274 e. The molecule has 33 heavy (non-hydrogen) atoms. The number of anilines is 3. The Hall–Kier alpha value is -3.79. The number of hydrogen-bond acceptors (Lipinski definition) is 8. The van der Waals surface area contributed by atoms with Crippen LogP contribution >= 0.6 is 11.3 Å². The van der Waals surface area contributed by atoms with Gasteiger partial charge in [0.25, 0.3) is 5.56 Å². The fraction of sp³-hybridized carbons (Fsp3) is 0.261. The molecule has 4 heterocycles. The zero-order chi connectivity index (χ0) is 23.1. The van der Waals surface area contributed by atoms with Gasteiger partial charge in [-0.3, -0.25) is 9.59 Å². The molecule has 4 aromatic heterocycles. The molecule has 9 nitrogen and oxygen atoms in total. The second-order valence-corrected chi connectivity index (χ2v) is 9.08. The number of aryl methyl sites for hydroxylation is 2. The van der Waals surface area contributed by atoms with Gasteiger partial charge in [0.1, 0.15) is 23.0 Å². The van der Waals surface area contributed by atoms with Crippen LogP contribution in [0.25, 0.3) is 10.3 Å². The van der Waals surface area contributed by atoms with Crippen LogP contribution in [0.2, 0.25) is 0 Å². The number of nitrogens with one attached hydrogen (secondary N) is 2. The van der Waals surface area contributed by atoms with Gasteiger partial charge in [-0.05, 0) is 43.4 Å². The maximum atomic E-state index is 12.6. The zero-order valence-electron chi connectivity index (χ0n) is 18.4. The average Bonchev–Trinajstić information content (AvgIpc) is 3.53. The van der Waals surface area contributed by atoms with Crippen LogP contribution in [-0.2, 0) is 11.8 Å². The fourth-order valence-electron chi connectivity index (χ4n) is 3.56. The van der Waals surface area contributed by atoms with E-state index in [4.69, 9.17) is 4.74 Å². The summed E-state index contributed by atoms with van der Waals surface area (Å²) in [5.41, 5.74) is 3.04. The number of amides is 1. The number of fused-ring (bicyclic) bond motifs is 1. The van der Waals surface area contributed by atoms with Gasteiger partial charge in [0.05, 0.1) is 10.9 Å². The summed E-state index contributed by atoms with van der Waals surface area (Å²) < 4.78 is 8.48. The van der Waals surface area contributed by atoms with Crippen molar-refractivity contribution in [1.29, 1.82) is 0 Å². The largest absolute Gasteiger partial charge is 0.455 e. The van der Waals surface area contributed by atoms with Crippen LogP contribution in [0.15, 0.2) is 41.6 Å². The van der Waals surface area contributed by atoms with Gasteiger partial charge in [-0.25, -0.2) is 9.97 Å². The number of pyridine rings is 3. The van der Waals surface area contributed by atoms with E-state index < -0.39 is 0 Å². The molecular weight excluding hydrogens is 440 g/mol. The molecule has 1 aliphatic carbocycles. The van der Waals surface area contributed by atoms with Crippen molar-refractivity contribution in [2.75, 3.05) is 10.6 Å². The molecule has 2 N–H and O–H groups in total. The summed E-state index contributed by atoms with van der Waals surface area (Å²) in [5.74, 6) is 1.84. The van der Waals surface area contributed by atoms with E-state index in [1.165, 1.54) is 23.8 Å². The maximum absolute atomic E-state index is 12.6. The SMILES string of the molecule is CC(=O)Nc1cc(Oc2cnc3nc(Nc4cc(C5CC5)cn(C)c4=O)sc3c2C)ccn1. The van der Waals surface area contributed by atoms with Gasteiger partial charge in [0.2, 0.25) is 5.91 Å². The standard InChI is InChI=1S/C23H22N6O3S/c1-12-18(32-16-6-7-24-19(9-16)26-13(2)30)10-25-21-20(12)33-23(28-21)27-17-8-15(14-4-5-14)11-29(3)22(17)31/h6-11,14H,4-5H2,1-3H3,(H,24,26,30)(H,25,27,28). The van der Waals surface area contributed by atoms with Gasteiger partial charge in [-0.15, -0.1) is 0 Å². The van der Waals surface area contributed by atoms with E-state index in [0.29, 0.717) is 39.7 Å². The number of carbonyl (C=O) groups is 1. The first-order chi connectivity index (χ1) is 15.9. The van der Waals surface area contributed by atoms with Crippen LogP contribution in [0.4, 0.5) is 16.6 Å². The van der Waals surface area contributed by atoms with Gasteiger partial charge < -0.3 is 19.9 Å². The molecule has 0 saturated heterocycles. The zero-order valence-corrected chi connectivity index (χ0v) is 19.2. The Morgan fingerprint density at radius 3 is 2.85 bits per heavy atom. The highest BCUT2D eigenvalue weighted by Crippen LogP contribution is 2.40. The lowest BCUT2D eigenvalue weighted by Crippen LogP contribution is -2.19. The van der Waals surface area contributed by atoms with Crippen molar-refractivity contribution >= 4 is 44.2 Å². The fourth-order valence-corrected chi connectivity index (χ4v) is 4.49. The highest BCUT2D eigenvalue weighted by atomic mass is 32.1. The average molecular weight is 463 g/mol. The number of aromatic nitrogens is 4. The first kappa shape index (κ1) is 21.1. The smallest absolute Gasteiger partial charge is 0.274 e. The summed E-state index contributed by atoms with van der Waals surface area (Å²) in [5, 5.41) is 6.42. The monoisotopic (exact) mass is 462 g/mol. The van der Waals surface area contributed by atoms with Crippen molar-refractivity contribution in [2.24, 2.45) is 7.05 Å². The van der Waals surface area contributed by atoms with E-state index in [1.807, 2.05) is 19.2 Å². The Morgan fingerprint density at radius 2 is 2.09 bits per heavy atom. The molecule has 0 spiro atoms. The molecule has 0 unspecified atom stereocenters. The van der Waals surface area contributed by atoms with Crippen LogP contribution < -0.4 is 20.9 Å². The van der Waals surface area contributed by atoms with E-state index in [-0.39, 0.29) is 11.5 Å². The predicted molar refractivity (Wildman–Crippen MR) is 128 cm³/mol. The van der Waals surface area contributed by atoms with E-state index in [1.54, 1.807) is 36.1 Å². The second-order valence-electron chi connectivity index (χ2n) is 8.08. The first-order valence-corrected chi connectivity index (χ1v) is 11.3. The van der Waals surface area contributed by atoms with Gasteiger partial charge >= 0.3 is 0 Å². The van der Waals surface area contributed by atoms with Crippen LogP contribution in [0, 0.1) is 6.92 Å². The number of thiazole rings is 1. The molecule has 1 aliphatic rings. The molecule has 0 aromatic carbocycles. The summed E-state index contributed by atoms with van der Waals surface area (Å²) >= 11 is 1.42. The molecule has 5 rings (SSSR count).